The first-order chi connectivity index (χ1) is 15.9. The highest BCUT2D eigenvalue weighted by Crippen LogP contribution is 2.27. The Labute approximate surface area is 199 Å². The Hall–Kier alpha value is -3.04. The number of primary amides is 1. The molecular weight excluding hydrogens is 440 g/mol. The van der Waals surface area contributed by atoms with Gasteiger partial charge in [-0.15, -0.1) is 0 Å². The topological polar surface area (TPSA) is 123 Å². The fourth-order valence-corrected chi connectivity index (χ4v) is 4.18. The van der Waals surface area contributed by atoms with Gasteiger partial charge in [0.15, 0.2) is 0 Å². The first-order valence-corrected chi connectivity index (χ1v) is 11.4. The highest BCUT2D eigenvalue weighted by molar-refractivity contribution is 7.81. The standard InChI is InChI=1S/C24H30N4O4S/c1-32-24(31)21(9-10-22(25)29)28-23(30)20-12-16(26-13-17-11-18(33)14-27-17)7-8-19(20)15-5-3-2-4-6-15/h2-8,12,17-18,21,26-27,33H,9-11,13-14H2,1H3,(H2,25,29)(H,28,30)/t17-,18-,21-/m0/s1. The minimum absolute atomic E-state index is 0.0479. The van der Waals surface area contributed by atoms with E-state index in [0.717, 1.165) is 29.8 Å². The summed E-state index contributed by atoms with van der Waals surface area (Å²) in [5.41, 5.74) is 8.01. The predicted octanol–water partition coefficient (Wildman–Crippen LogP) is 1.96. The Morgan fingerprint density at radius 2 is 1.97 bits per heavy atom. The van der Waals surface area contributed by atoms with Gasteiger partial charge < -0.3 is 26.4 Å². The van der Waals surface area contributed by atoms with Crippen LogP contribution in [0.4, 0.5) is 5.69 Å². The summed E-state index contributed by atoms with van der Waals surface area (Å²) in [6.07, 6.45) is 0.977. The lowest BCUT2D eigenvalue weighted by Gasteiger charge is -2.19. The van der Waals surface area contributed by atoms with Crippen LogP contribution in [-0.4, -0.2) is 55.3 Å². The average Bonchev–Trinajstić information content (AvgIpc) is 3.25. The number of nitrogens with one attached hydrogen (secondary N) is 3. The molecule has 33 heavy (non-hydrogen) atoms. The summed E-state index contributed by atoms with van der Waals surface area (Å²) in [6, 6.07) is 14.4. The molecule has 0 saturated carbocycles. The molecule has 1 saturated heterocycles. The van der Waals surface area contributed by atoms with Crippen LogP contribution in [0.15, 0.2) is 48.5 Å². The summed E-state index contributed by atoms with van der Waals surface area (Å²) in [7, 11) is 1.23. The molecule has 0 bridgehead atoms. The molecule has 2 aromatic rings. The zero-order valence-corrected chi connectivity index (χ0v) is 19.4. The molecule has 5 N–H and O–H groups in total. The Morgan fingerprint density at radius 1 is 1.21 bits per heavy atom. The van der Waals surface area contributed by atoms with Crippen LogP contribution in [0.1, 0.15) is 29.6 Å². The molecule has 1 aliphatic heterocycles. The molecule has 1 fully saturated rings. The summed E-state index contributed by atoms with van der Waals surface area (Å²) in [5.74, 6) is -1.63. The molecule has 0 radical (unpaired) electrons. The highest BCUT2D eigenvalue weighted by Gasteiger charge is 2.25. The van der Waals surface area contributed by atoms with Crippen molar-refractivity contribution in [1.82, 2.24) is 10.6 Å². The summed E-state index contributed by atoms with van der Waals surface area (Å²) >= 11 is 4.51. The van der Waals surface area contributed by atoms with Gasteiger partial charge in [0.25, 0.3) is 5.91 Å². The van der Waals surface area contributed by atoms with Crippen molar-refractivity contribution in [2.75, 3.05) is 25.5 Å². The minimum atomic E-state index is -0.981. The number of carbonyl (C=O) groups is 3. The van der Waals surface area contributed by atoms with Crippen molar-refractivity contribution in [3.63, 3.8) is 0 Å². The molecule has 3 rings (SSSR count). The van der Waals surface area contributed by atoms with Gasteiger partial charge in [-0.3, -0.25) is 9.59 Å². The zero-order valence-electron chi connectivity index (χ0n) is 18.5. The minimum Gasteiger partial charge on any atom is -0.467 e. The molecule has 1 heterocycles. The third kappa shape index (κ3) is 6.97. The van der Waals surface area contributed by atoms with Crippen LogP contribution in [0.25, 0.3) is 11.1 Å². The largest absolute Gasteiger partial charge is 0.467 e. The van der Waals surface area contributed by atoms with Gasteiger partial charge in [0.05, 0.1) is 7.11 Å². The molecule has 176 valence electrons. The van der Waals surface area contributed by atoms with Crippen LogP contribution in [0.5, 0.6) is 0 Å². The van der Waals surface area contributed by atoms with Crippen molar-refractivity contribution in [2.45, 2.75) is 36.6 Å². The number of carbonyl (C=O) groups excluding carboxylic acids is 3. The maximum absolute atomic E-state index is 13.3. The van der Waals surface area contributed by atoms with Crippen molar-refractivity contribution in [3.8, 4) is 11.1 Å². The van der Waals surface area contributed by atoms with Crippen LogP contribution in [-0.2, 0) is 14.3 Å². The predicted molar refractivity (Wildman–Crippen MR) is 131 cm³/mol. The molecular formula is C24H30N4O4S. The monoisotopic (exact) mass is 470 g/mol. The summed E-state index contributed by atoms with van der Waals surface area (Å²) in [6.45, 7) is 1.57. The van der Waals surface area contributed by atoms with Crippen LogP contribution < -0.4 is 21.7 Å². The molecule has 0 unspecified atom stereocenters. The van der Waals surface area contributed by atoms with Gasteiger partial charge in [0, 0.05) is 42.1 Å². The van der Waals surface area contributed by atoms with Crippen molar-refractivity contribution in [1.29, 1.82) is 0 Å². The summed E-state index contributed by atoms with van der Waals surface area (Å²) in [5, 5.41) is 9.84. The molecule has 0 spiro atoms. The van der Waals surface area contributed by atoms with Gasteiger partial charge in [-0.2, -0.15) is 12.6 Å². The lowest BCUT2D eigenvalue weighted by Crippen LogP contribution is -2.42. The van der Waals surface area contributed by atoms with Gasteiger partial charge >= 0.3 is 5.97 Å². The van der Waals surface area contributed by atoms with Crippen LogP contribution >= 0.6 is 12.6 Å². The third-order valence-corrected chi connectivity index (χ3v) is 5.96. The number of esters is 1. The van der Waals surface area contributed by atoms with Gasteiger partial charge in [0.1, 0.15) is 6.04 Å². The first-order valence-electron chi connectivity index (χ1n) is 10.9. The quantitative estimate of drug-likeness (QED) is 0.267. The van der Waals surface area contributed by atoms with Crippen LogP contribution in [0, 0.1) is 0 Å². The number of hydrogen-bond donors (Lipinski definition) is 5. The Balaban J connectivity index is 1.84. The molecule has 0 aliphatic carbocycles. The van der Waals surface area contributed by atoms with E-state index in [1.807, 2.05) is 42.5 Å². The lowest BCUT2D eigenvalue weighted by atomic mass is 9.98. The molecule has 9 heteroatoms. The second-order valence-corrected chi connectivity index (χ2v) is 8.79. The van der Waals surface area contributed by atoms with E-state index < -0.39 is 23.8 Å². The number of amides is 2. The average molecular weight is 471 g/mol. The number of anilines is 1. The van der Waals surface area contributed by atoms with Gasteiger partial charge in [-0.1, -0.05) is 36.4 Å². The Morgan fingerprint density at radius 3 is 2.61 bits per heavy atom. The van der Waals surface area contributed by atoms with E-state index in [0.29, 0.717) is 23.4 Å². The summed E-state index contributed by atoms with van der Waals surface area (Å²) < 4.78 is 4.79. The van der Waals surface area contributed by atoms with Crippen molar-refractivity contribution >= 4 is 36.1 Å². The van der Waals surface area contributed by atoms with Crippen molar-refractivity contribution in [2.24, 2.45) is 5.73 Å². The van der Waals surface area contributed by atoms with Gasteiger partial charge in [0.2, 0.25) is 5.91 Å². The second-order valence-electron chi connectivity index (χ2n) is 8.06. The molecule has 1 aliphatic rings. The number of rotatable bonds is 10. The smallest absolute Gasteiger partial charge is 0.328 e. The van der Waals surface area contributed by atoms with Crippen LogP contribution in [0.3, 0.4) is 0 Å². The van der Waals surface area contributed by atoms with Crippen molar-refractivity contribution in [3.05, 3.63) is 54.1 Å². The summed E-state index contributed by atoms with van der Waals surface area (Å²) in [4.78, 5) is 36.7. The lowest BCUT2D eigenvalue weighted by molar-refractivity contribution is -0.143. The van der Waals surface area contributed by atoms with Gasteiger partial charge in [-0.05, 0) is 36.1 Å². The van der Waals surface area contributed by atoms with E-state index in [1.54, 1.807) is 6.07 Å². The number of methoxy groups -OCH3 is 1. The maximum Gasteiger partial charge on any atom is 0.328 e. The first kappa shape index (κ1) is 24.6. The molecule has 2 aromatic carbocycles. The number of nitrogens with two attached hydrogens (primary N) is 1. The number of hydrogen-bond acceptors (Lipinski definition) is 7. The third-order valence-electron chi connectivity index (χ3n) is 5.57. The van der Waals surface area contributed by atoms with E-state index in [9.17, 15) is 14.4 Å². The Kier molecular flexibility index (Phi) is 8.73. The molecule has 3 atom stereocenters. The van der Waals surface area contributed by atoms with Crippen LogP contribution in [0.2, 0.25) is 0 Å². The SMILES string of the molecule is COC(=O)[C@H](CCC(N)=O)NC(=O)c1cc(NC[C@@H]2C[C@H](S)CN2)ccc1-c1ccccc1. The van der Waals surface area contributed by atoms with E-state index >= 15 is 0 Å². The molecule has 8 nitrogen and oxygen atoms in total. The van der Waals surface area contributed by atoms with E-state index in [2.05, 4.69) is 28.6 Å². The number of benzene rings is 2. The van der Waals surface area contributed by atoms with E-state index in [1.165, 1.54) is 7.11 Å². The molecule has 0 aromatic heterocycles. The molecule has 2 amide bonds. The van der Waals surface area contributed by atoms with E-state index in [-0.39, 0.29) is 12.8 Å². The normalized spacial score (nSPS) is 18.4. The Bertz CT molecular complexity index is 986. The number of ether oxygens (including phenoxy) is 1. The fraction of sp³-hybridized carbons (Fsp3) is 0.375. The fourth-order valence-electron chi connectivity index (χ4n) is 3.82. The number of thiol groups is 1. The highest BCUT2D eigenvalue weighted by atomic mass is 32.1. The zero-order chi connectivity index (χ0) is 23.8. The van der Waals surface area contributed by atoms with E-state index in [4.69, 9.17) is 10.5 Å². The van der Waals surface area contributed by atoms with Gasteiger partial charge in [-0.25, -0.2) is 4.79 Å². The second kappa shape index (κ2) is 11.7. The van der Waals surface area contributed by atoms with Crippen molar-refractivity contribution < 1.29 is 19.1 Å². The maximum atomic E-state index is 13.3.